The highest BCUT2D eigenvalue weighted by atomic mass is 16.3. The Morgan fingerprint density at radius 1 is 1.17 bits per heavy atom. The van der Waals surface area contributed by atoms with E-state index in [9.17, 15) is 0 Å². The number of nitrogens with one attached hydrogen (secondary N) is 2. The van der Waals surface area contributed by atoms with Crippen LogP contribution in [0.15, 0.2) is 40.0 Å². The molecule has 4 heteroatoms. The summed E-state index contributed by atoms with van der Waals surface area (Å²) in [7, 11) is 0. The second kappa shape index (κ2) is 6.81. The van der Waals surface area contributed by atoms with Crippen LogP contribution in [0, 0.1) is 11.8 Å². The van der Waals surface area contributed by atoms with Gasteiger partial charge in [0.15, 0.2) is 5.96 Å². The predicted molar refractivity (Wildman–Crippen MR) is 92.4 cm³/mol. The van der Waals surface area contributed by atoms with Gasteiger partial charge >= 0.3 is 0 Å². The van der Waals surface area contributed by atoms with Crippen LogP contribution in [0.2, 0.25) is 0 Å². The van der Waals surface area contributed by atoms with Crippen molar-refractivity contribution in [2.75, 3.05) is 6.54 Å². The van der Waals surface area contributed by atoms with Crippen LogP contribution in [-0.4, -0.2) is 24.6 Å². The van der Waals surface area contributed by atoms with Gasteiger partial charge in [-0.2, -0.15) is 0 Å². The highest BCUT2D eigenvalue weighted by molar-refractivity contribution is 5.80. The van der Waals surface area contributed by atoms with Gasteiger partial charge in [-0.15, -0.1) is 0 Å². The molecule has 124 valence electrons. The highest BCUT2D eigenvalue weighted by Gasteiger charge is 2.39. The van der Waals surface area contributed by atoms with Crippen LogP contribution in [0.5, 0.6) is 0 Å². The minimum absolute atomic E-state index is 0.503. The number of rotatable bonds is 5. The van der Waals surface area contributed by atoms with E-state index >= 15 is 0 Å². The molecule has 23 heavy (non-hydrogen) atoms. The summed E-state index contributed by atoms with van der Waals surface area (Å²) in [4.78, 5) is 4.82. The molecule has 2 saturated carbocycles. The number of furan rings is 1. The van der Waals surface area contributed by atoms with Crippen LogP contribution in [-0.2, 0) is 6.42 Å². The standard InChI is InChI=1S/C19H27N3O/c1-2-5-16(4-1)21-19(20-10-9-17-6-3-11-23-17)22-18-13-14-7-8-15(18)12-14/h1-3,6,11,14-16,18H,4-5,7-10,12-13H2,(H2,20,21,22). The monoisotopic (exact) mass is 313 g/mol. The van der Waals surface area contributed by atoms with Crippen molar-refractivity contribution in [3.63, 3.8) is 0 Å². The summed E-state index contributed by atoms with van der Waals surface area (Å²) in [5.41, 5.74) is 0. The molecule has 0 aliphatic heterocycles. The molecule has 0 radical (unpaired) electrons. The molecule has 3 unspecified atom stereocenters. The first-order valence-corrected chi connectivity index (χ1v) is 9.12. The van der Waals surface area contributed by atoms with E-state index in [4.69, 9.17) is 9.41 Å². The highest BCUT2D eigenvalue weighted by Crippen LogP contribution is 2.44. The SMILES string of the molecule is C1=CCC(NC(=NCCc2ccco2)NC2CC3CCC2C3)C1. The van der Waals surface area contributed by atoms with Crippen molar-refractivity contribution >= 4 is 5.96 Å². The molecule has 3 atom stereocenters. The molecule has 0 spiro atoms. The molecule has 1 aromatic heterocycles. The fourth-order valence-corrected chi connectivity index (χ4v) is 4.39. The molecule has 0 amide bonds. The lowest BCUT2D eigenvalue weighted by Crippen LogP contribution is -2.48. The molecule has 1 heterocycles. The van der Waals surface area contributed by atoms with E-state index in [2.05, 4.69) is 22.8 Å². The zero-order valence-corrected chi connectivity index (χ0v) is 13.7. The van der Waals surface area contributed by atoms with E-state index in [0.29, 0.717) is 12.1 Å². The Hall–Kier alpha value is -1.71. The number of hydrogen-bond acceptors (Lipinski definition) is 2. The number of nitrogens with zero attached hydrogens (tertiary/aromatic N) is 1. The Morgan fingerprint density at radius 3 is 2.78 bits per heavy atom. The minimum atomic E-state index is 0.503. The molecule has 0 saturated heterocycles. The van der Waals surface area contributed by atoms with Gasteiger partial charge < -0.3 is 15.1 Å². The zero-order chi connectivity index (χ0) is 15.5. The van der Waals surface area contributed by atoms with Crippen LogP contribution >= 0.6 is 0 Å². The summed E-state index contributed by atoms with van der Waals surface area (Å²) in [6, 6.07) is 5.09. The van der Waals surface area contributed by atoms with Crippen LogP contribution in [0.3, 0.4) is 0 Å². The van der Waals surface area contributed by atoms with E-state index in [0.717, 1.165) is 49.4 Å². The van der Waals surface area contributed by atoms with Crippen LogP contribution in [0.25, 0.3) is 0 Å². The van der Waals surface area contributed by atoms with E-state index < -0.39 is 0 Å². The first-order valence-electron chi connectivity index (χ1n) is 9.12. The zero-order valence-electron chi connectivity index (χ0n) is 13.7. The minimum Gasteiger partial charge on any atom is -0.469 e. The van der Waals surface area contributed by atoms with Crippen LogP contribution in [0.4, 0.5) is 0 Å². The van der Waals surface area contributed by atoms with Crippen LogP contribution < -0.4 is 10.6 Å². The third-order valence-electron chi connectivity index (χ3n) is 5.62. The second-order valence-corrected chi connectivity index (χ2v) is 7.27. The largest absolute Gasteiger partial charge is 0.469 e. The topological polar surface area (TPSA) is 49.6 Å². The Balaban J connectivity index is 1.36. The van der Waals surface area contributed by atoms with Crippen molar-refractivity contribution in [3.8, 4) is 0 Å². The van der Waals surface area contributed by atoms with Crippen molar-refractivity contribution in [1.29, 1.82) is 0 Å². The smallest absolute Gasteiger partial charge is 0.191 e. The summed E-state index contributed by atoms with van der Waals surface area (Å²) in [5.74, 6) is 3.83. The van der Waals surface area contributed by atoms with E-state index in [1.165, 1.54) is 25.7 Å². The van der Waals surface area contributed by atoms with Crippen LogP contribution in [0.1, 0.15) is 44.3 Å². The fraction of sp³-hybridized carbons (Fsp3) is 0.632. The van der Waals surface area contributed by atoms with Gasteiger partial charge in [0, 0.05) is 25.0 Å². The molecule has 4 rings (SSSR count). The van der Waals surface area contributed by atoms with E-state index in [1.54, 1.807) is 6.26 Å². The second-order valence-electron chi connectivity index (χ2n) is 7.27. The van der Waals surface area contributed by atoms with E-state index in [1.807, 2.05) is 12.1 Å². The third-order valence-corrected chi connectivity index (χ3v) is 5.62. The van der Waals surface area contributed by atoms with Gasteiger partial charge in [0.2, 0.25) is 0 Å². The lowest BCUT2D eigenvalue weighted by atomic mass is 9.95. The van der Waals surface area contributed by atoms with E-state index in [-0.39, 0.29) is 0 Å². The van der Waals surface area contributed by atoms with Gasteiger partial charge in [-0.25, -0.2) is 0 Å². The first-order chi connectivity index (χ1) is 11.4. The lowest BCUT2D eigenvalue weighted by Gasteiger charge is -2.26. The van der Waals surface area contributed by atoms with Crippen molar-refractivity contribution in [3.05, 3.63) is 36.3 Å². The maximum absolute atomic E-state index is 5.40. The Labute approximate surface area is 138 Å². The fourth-order valence-electron chi connectivity index (χ4n) is 4.39. The predicted octanol–water partition coefficient (Wildman–Crippen LogP) is 3.26. The molecule has 0 aromatic carbocycles. The molecular weight excluding hydrogens is 286 g/mol. The number of fused-ring (bicyclic) bond motifs is 2. The van der Waals surface area contributed by atoms with Gasteiger partial charge in [0.05, 0.1) is 6.26 Å². The van der Waals surface area contributed by atoms with Gasteiger partial charge in [-0.3, -0.25) is 4.99 Å². The summed E-state index contributed by atoms with van der Waals surface area (Å²) in [6.45, 7) is 0.768. The van der Waals surface area contributed by atoms with Crippen molar-refractivity contribution in [2.45, 2.75) is 57.0 Å². The van der Waals surface area contributed by atoms with Crippen molar-refractivity contribution < 1.29 is 4.42 Å². The summed E-state index contributed by atoms with van der Waals surface area (Å²) in [5, 5.41) is 7.36. The Bertz CT molecular complexity index is 555. The summed E-state index contributed by atoms with van der Waals surface area (Å²) < 4.78 is 5.40. The van der Waals surface area contributed by atoms with Gasteiger partial charge in [0.1, 0.15) is 5.76 Å². The Morgan fingerprint density at radius 2 is 2.09 bits per heavy atom. The molecule has 4 nitrogen and oxygen atoms in total. The van der Waals surface area contributed by atoms with Crippen molar-refractivity contribution in [1.82, 2.24) is 10.6 Å². The average Bonchev–Trinajstić information content (AvgIpc) is 3.33. The lowest BCUT2D eigenvalue weighted by molar-refractivity contribution is 0.385. The molecule has 3 aliphatic carbocycles. The normalized spacial score (nSPS) is 30.3. The number of guanidine groups is 1. The molecule has 2 N–H and O–H groups in total. The molecule has 2 fully saturated rings. The average molecular weight is 313 g/mol. The van der Waals surface area contributed by atoms with Gasteiger partial charge in [0.25, 0.3) is 0 Å². The molecule has 2 bridgehead atoms. The summed E-state index contributed by atoms with van der Waals surface area (Å²) in [6.07, 6.45) is 14.9. The van der Waals surface area contributed by atoms with Crippen molar-refractivity contribution in [2.24, 2.45) is 16.8 Å². The first kappa shape index (κ1) is 14.9. The number of aliphatic imine (C=N–C) groups is 1. The molecule has 3 aliphatic rings. The Kier molecular flexibility index (Phi) is 4.40. The maximum atomic E-state index is 5.40. The van der Waals surface area contributed by atoms with Gasteiger partial charge in [-0.05, 0) is 56.1 Å². The quantitative estimate of drug-likeness (QED) is 0.498. The third kappa shape index (κ3) is 3.62. The maximum Gasteiger partial charge on any atom is 0.191 e. The molecule has 1 aromatic rings. The van der Waals surface area contributed by atoms with Gasteiger partial charge in [-0.1, -0.05) is 18.6 Å². The number of hydrogen-bond donors (Lipinski definition) is 2. The summed E-state index contributed by atoms with van der Waals surface area (Å²) >= 11 is 0. The molecular formula is C19H27N3O.